The van der Waals surface area contributed by atoms with E-state index in [1.54, 1.807) is 18.2 Å². The summed E-state index contributed by atoms with van der Waals surface area (Å²) >= 11 is 0. The van der Waals surface area contributed by atoms with Gasteiger partial charge in [0.2, 0.25) is 15.9 Å². The molecule has 28 heavy (non-hydrogen) atoms. The van der Waals surface area contributed by atoms with Crippen LogP contribution in [0.25, 0.3) is 0 Å². The maximum Gasteiger partial charge on any atom is 0.250 e. The number of benzene rings is 2. The highest BCUT2D eigenvalue weighted by Gasteiger charge is 2.32. The lowest BCUT2D eigenvalue weighted by molar-refractivity contribution is -0.120. The third-order valence-corrected chi connectivity index (χ3v) is 6.64. The van der Waals surface area contributed by atoms with Gasteiger partial charge in [0.1, 0.15) is 5.82 Å². The number of halogens is 1. The maximum absolute atomic E-state index is 13.0. The molecular weight excluding hydrogens is 385 g/mol. The molecule has 1 saturated heterocycles. The first-order valence-corrected chi connectivity index (χ1v) is 10.2. The summed E-state index contributed by atoms with van der Waals surface area (Å²) < 4.78 is 39.6. The van der Waals surface area contributed by atoms with Gasteiger partial charge in [-0.15, -0.1) is 0 Å². The first-order valence-electron chi connectivity index (χ1n) is 8.74. The molecule has 1 aliphatic rings. The number of sulfonamides is 1. The van der Waals surface area contributed by atoms with E-state index in [0.29, 0.717) is 18.5 Å². The van der Waals surface area contributed by atoms with Crippen molar-refractivity contribution in [3.05, 3.63) is 59.9 Å². The number of carbonyl (C=O) groups is 2. The second kappa shape index (κ2) is 8.07. The van der Waals surface area contributed by atoms with E-state index in [2.05, 4.69) is 5.32 Å². The molecule has 0 spiro atoms. The molecule has 9 heteroatoms. The maximum atomic E-state index is 13.0. The highest BCUT2D eigenvalue weighted by atomic mass is 32.2. The van der Waals surface area contributed by atoms with Crippen LogP contribution in [0.15, 0.2) is 53.4 Å². The summed E-state index contributed by atoms with van der Waals surface area (Å²) in [6, 6.07) is 11.1. The van der Waals surface area contributed by atoms with E-state index < -0.39 is 21.7 Å². The zero-order valence-corrected chi connectivity index (χ0v) is 15.8. The molecule has 3 rings (SSSR count). The first kappa shape index (κ1) is 20.0. The molecule has 0 aromatic heterocycles. The van der Waals surface area contributed by atoms with Crippen LogP contribution in [0, 0.1) is 11.7 Å². The Balaban J connectivity index is 1.64. The number of nitrogens with two attached hydrogens (primary N) is 1. The van der Waals surface area contributed by atoms with Crippen LogP contribution < -0.4 is 11.1 Å². The van der Waals surface area contributed by atoms with E-state index in [9.17, 15) is 22.4 Å². The average molecular weight is 405 g/mol. The number of amides is 2. The largest absolute Gasteiger partial charge is 0.366 e. The third kappa shape index (κ3) is 4.20. The zero-order chi connectivity index (χ0) is 20.3. The van der Waals surface area contributed by atoms with Crippen molar-refractivity contribution in [1.82, 2.24) is 4.31 Å². The van der Waals surface area contributed by atoms with Crippen molar-refractivity contribution >= 4 is 27.5 Å². The topological polar surface area (TPSA) is 110 Å². The second-order valence-electron chi connectivity index (χ2n) is 6.53. The molecule has 2 aromatic carbocycles. The Morgan fingerprint density at radius 2 is 1.64 bits per heavy atom. The molecule has 3 N–H and O–H groups in total. The van der Waals surface area contributed by atoms with Gasteiger partial charge >= 0.3 is 0 Å². The summed E-state index contributed by atoms with van der Waals surface area (Å²) in [5.41, 5.74) is 5.86. The Morgan fingerprint density at radius 1 is 1.04 bits per heavy atom. The van der Waals surface area contributed by atoms with Crippen molar-refractivity contribution < 1.29 is 22.4 Å². The molecule has 0 atom stereocenters. The monoisotopic (exact) mass is 405 g/mol. The fraction of sp³-hybridized carbons (Fsp3) is 0.263. The Hall–Kier alpha value is -2.78. The van der Waals surface area contributed by atoms with Crippen molar-refractivity contribution in [2.24, 2.45) is 11.7 Å². The van der Waals surface area contributed by atoms with Gasteiger partial charge in [0.25, 0.3) is 5.91 Å². The number of anilines is 1. The standard InChI is InChI=1S/C19H20FN3O4S/c20-14-5-7-15(8-6-14)28(26,27)23-11-9-13(10-12-23)19(25)22-17-4-2-1-3-16(17)18(21)24/h1-8,13H,9-12H2,(H2,21,24)(H,22,25). The highest BCUT2D eigenvalue weighted by Crippen LogP contribution is 2.25. The quantitative estimate of drug-likeness (QED) is 0.792. The number of nitrogens with zero attached hydrogens (tertiary/aromatic N) is 1. The minimum atomic E-state index is -3.73. The fourth-order valence-electron chi connectivity index (χ4n) is 3.16. The normalized spacial score (nSPS) is 15.9. The molecule has 0 radical (unpaired) electrons. The highest BCUT2D eigenvalue weighted by molar-refractivity contribution is 7.89. The van der Waals surface area contributed by atoms with Crippen LogP contribution in [-0.2, 0) is 14.8 Å². The lowest BCUT2D eigenvalue weighted by Crippen LogP contribution is -2.41. The SMILES string of the molecule is NC(=O)c1ccccc1NC(=O)C1CCN(S(=O)(=O)c2ccc(F)cc2)CC1. The summed E-state index contributed by atoms with van der Waals surface area (Å²) in [6.45, 7) is 0.352. The van der Waals surface area contributed by atoms with Gasteiger partial charge < -0.3 is 11.1 Å². The molecule has 1 aliphatic heterocycles. The first-order chi connectivity index (χ1) is 13.3. The van der Waals surface area contributed by atoms with Gasteiger partial charge in [-0.25, -0.2) is 12.8 Å². The molecule has 0 unspecified atom stereocenters. The van der Waals surface area contributed by atoms with Crippen molar-refractivity contribution in [3.8, 4) is 0 Å². The van der Waals surface area contributed by atoms with E-state index in [1.807, 2.05) is 0 Å². The van der Waals surface area contributed by atoms with E-state index in [-0.39, 0.29) is 35.4 Å². The average Bonchev–Trinajstić information content (AvgIpc) is 2.68. The summed E-state index contributed by atoms with van der Waals surface area (Å²) in [7, 11) is -3.73. The predicted molar refractivity (Wildman–Crippen MR) is 101 cm³/mol. The lowest BCUT2D eigenvalue weighted by Gasteiger charge is -2.30. The van der Waals surface area contributed by atoms with E-state index in [4.69, 9.17) is 5.73 Å². The van der Waals surface area contributed by atoms with Crippen LogP contribution in [0.4, 0.5) is 10.1 Å². The van der Waals surface area contributed by atoms with Gasteiger partial charge in [0.15, 0.2) is 0 Å². The molecular formula is C19H20FN3O4S. The van der Waals surface area contributed by atoms with Crippen LogP contribution in [0.1, 0.15) is 23.2 Å². The Bertz CT molecular complexity index is 984. The lowest BCUT2D eigenvalue weighted by atomic mass is 9.97. The van der Waals surface area contributed by atoms with Crippen LogP contribution in [0.2, 0.25) is 0 Å². The molecule has 7 nitrogen and oxygen atoms in total. The smallest absolute Gasteiger partial charge is 0.250 e. The van der Waals surface area contributed by atoms with Crippen molar-refractivity contribution in [1.29, 1.82) is 0 Å². The van der Waals surface area contributed by atoms with Crippen LogP contribution >= 0.6 is 0 Å². The fourth-order valence-corrected chi connectivity index (χ4v) is 4.63. The van der Waals surface area contributed by atoms with Gasteiger partial charge in [0, 0.05) is 19.0 Å². The van der Waals surface area contributed by atoms with Crippen LogP contribution in [0.3, 0.4) is 0 Å². The number of primary amides is 1. The number of hydrogen-bond acceptors (Lipinski definition) is 4. The zero-order valence-electron chi connectivity index (χ0n) is 15.0. The summed E-state index contributed by atoms with van der Waals surface area (Å²) in [5.74, 6) is -1.82. The third-order valence-electron chi connectivity index (χ3n) is 4.73. The summed E-state index contributed by atoms with van der Waals surface area (Å²) in [5, 5.41) is 2.70. The second-order valence-corrected chi connectivity index (χ2v) is 8.47. The number of rotatable bonds is 5. The summed E-state index contributed by atoms with van der Waals surface area (Å²) in [4.78, 5) is 24.0. The number of piperidine rings is 1. The van der Waals surface area contributed by atoms with E-state index >= 15 is 0 Å². The predicted octanol–water partition coefficient (Wildman–Crippen LogP) is 1.96. The summed E-state index contributed by atoms with van der Waals surface area (Å²) in [6.07, 6.45) is 0.677. The Morgan fingerprint density at radius 3 is 2.25 bits per heavy atom. The van der Waals surface area contributed by atoms with E-state index in [0.717, 1.165) is 12.1 Å². The van der Waals surface area contributed by atoms with Gasteiger partial charge in [-0.1, -0.05) is 12.1 Å². The van der Waals surface area contributed by atoms with Crippen molar-refractivity contribution in [2.45, 2.75) is 17.7 Å². The van der Waals surface area contributed by atoms with Crippen LogP contribution in [0.5, 0.6) is 0 Å². The van der Waals surface area contributed by atoms with Gasteiger partial charge in [-0.05, 0) is 49.2 Å². The Kier molecular flexibility index (Phi) is 5.76. The molecule has 0 saturated carbocycles. The molecule has 0 bridgehead atoms. The molecule has 1 fully saturated rings. The number of nitrogens with one attached hydrogen (secondary N) is 1. The molecule has 2 amide bonds. The molecule has 0 aliphatic carbocycles. The van der Waals surface area contributed by atoms with Crippen molar-refractivity contribution in [2.75, 3.05) is 18.4 Å². The van der Waals surface area contributed by atoms with Crippen LogP contribution in [-0.4, -0.2) is 37.6 Å². The minimum absolute atomic E-state index is 0.0205. The molecule has 148 valence electrons. The van der Waals surface area contributed by atoms with E-state index in [1.165, 1.54) is 22.5 Å². The van der Waals surface area contributed by atoms with Gasteiger partial charge in [-0.3, -0.25) is 9.59 Å². The van der Waals surface area contributed by atoms with Gasteiger partial charge in [-0.2, -0.15) is 4.31 Å². The number of para-hydroxylation sites is 1. The van der Waals surface area contributed by atoms with Crippen molar-refractivity contribution in [3.63, 3.8) is 0 Å². The minimum Gasteiger partial charge on any atom is -0.366 e. The number of carbonyl (C=O) groups excluding carboxylic acids is 2. The molecule has 2 aromatic rings. The molecule has 1 heterocycles. The Labute approximate surface area is 162 Å². The van der Waals surface area contributed by atoms with Gasteiger partial charge in [0.05, 0.1) is 16.1 Å². The number of hydrogen-bond donors (Lipinski definition) is 2.